The fourth-order valence-corrected chi connectivity index (χ4v) is 4.58. The fraction of sp³-hybridized carbons (Fsp3) is 0.409. The van der Waals surface area contributed by atoms with Gasteiger partial charge < -0.3 is 24.4 Å². The number of benzene rings is 2. The predicted molar refractivity (Wildman–Crippen MR) is 115 cm³/mol. The molecule has 1 N–H and O–H groups in total. The molecule has 2 aliphatic heterocycles. The maximum absolute atomic E-state index is 13.4. The molecule has 2 atom stereocenters. The summed E-state index contributed by atoms with van der Waals surface area (Å²) in [6.45, 7) is 3.75. The Morgan fingerprint density at radius 2 is 2.14 bits per heavy atom. The van der Waals surface area contributed by atoms with Crippen molar-refractivity contribution in [2.24, 2.45) is 0 Å². The third-order valence-electron chi connectivity index (χ3n) is 5.30. The molecule has 6 nitrogen and oxygen atoms in total. The van der Waals surface area contributed by atoms with Gasteiger partial charge in [0.1, 0.15) is 6.17 Å². The number of nitrogens with zero attached hydrogens (tertiary/aromatic N) is 1. The molecule has 2 aliphatic rings. The SMILES string of the molecule is CCOc1cc([C@@H]2Nc3ccccc3C(=O)N2C[C@@H]2CCCO2)cc(Br)c1OC. The molecule has 2 aromatic rings. The molecule has 0 unspecified atom stereocenters. The molecule has 7 heteroatoms. The number of amides is 1. The molecule has 0 bridgehead atoms. The molecule has 29 heavy (non-hydrogen) atoms. The van der Waals surface area contributed by atoms with Crippen LogP contribution in [-0.2, 0) is 4.74 Å². The van der Waals surface area contributed by atoms with E-state index in [0.29, 0.717) is 30.2 Å². The van der Waals surface area contributed by atoms with Crippen LogP contribution < -0.4 is 14.8 Å². The zero-order valence-electron chi connectivity index (χ0n) is 16.6. The van der Waals surface area contributed by atoms with E-state index in [4.69, 9.17) is 14.2 Å². The number of rotatable bonds is 6. The number of fused-ring (bicyclic) bond motifs is 1. The van der Waals surface area contributed by atoms with E-state index >= 15 is 0 Å². The maximum Gasteiger partial charge on any atom is 0.257 e. The average Bonchev–Trinajstić information content (AvgIpc) is 3.23. The van der Waals surface area contributed by atoms with Crippen LogP contribution in [0.2, 0.25) is 0 Å². The normalized spacial score (nSPS) is 20.9. The summed E-state index contributed by atoms with van der Waals surface area (Å²) in [6, 6.07) is 11.5. The molecule has 1 fully saturated rings. The van der Waals surface area contributed by atoms with E-state index in [1.54, 1.807) is 7.11 Å². The van der Waals surface area contributed by atoms with Crippen molar-refractivity contribution < 1.29 is 19.0 Å². The van der Waals surface area contributed by atoms with Crippen LogP contribution in [0.3, 0.4) is 0 Å². The lowest BCUT2D eigenvalue weighted by Gasteiger charge is -2.39. The van der Waals surface area contributed by atoms with Gasteiger partial charge in [0.25, 0.3) is 5.91 Å². The second-order valence-electron chi connectivity index (χ2n) is 7.15. The van der Waals surface area contributed by atoms with E-state index in [-0.39, 0.29) is 18.2 Å². The van der Waals surface area contributed by atoms with Crippen molar-refractivity contribution in [3.8, 4) is 11.5 Å². The van der Waals surface area contributed by atoms with Crippen LogP contribution in [0.4, 0.5) is 5.69 Å². The number of anilines is 1. The Hall–Kier alpha value is -2.25. The first kappa shape index (κ1) is 20.0. The van der Waals surface area contributed by atoms with Gasteiger partial charge in [-0.3, -0.25) is 4.79 Å². The summed E-state index contributed by atoms with van der Waals surface area (Å²) in [5.41, 5.74) is 2.43. The first-order chi connectivity index (χ1) is 14.1. The van der Waals surface area contributed by atoms with Gasteiger partial charge in [0, 0.05) is 18.8 Å². The van der Waals surface area contributed by atoms with Gasteiger partial charge in [-0.25, -0.2) is 0 Å². The third-order valence-corrected chi connectivity index (χ3v) is 5.89. The number of methoxy groups -OCH3 is 1. The second-order valence-corrected chi connectivity index (χ2v) is 8.01. The highest BCUT2D eigenvalue weighted by Crippen LogP contribution is 2.41. The molecule has 1 saturated heterocycles. The average molecular weight is 461 g/mol. The van der Waals surface area contributed by atoms with Crippen LogP contribution in [-0.4, -0.2) is 43.8 Å². The predicted octanol–water partition coefficient (Wildman–Crippen LogP) is 4.60. The van der Waals surface area contributed by atoms with Crippen molar-refractivity contribution >= 4 is 27.5 Å². The Morgan fingerprint density at radius 3 is 2.86 bits per heavy atom. The van der Waals surface area contributed by atoms with Crippen LogP contribution in [0, 0.1) is 0 Å². The van der Waals surface area contributed by atoms with E-state index in [1.165, 1.54) is 0 Å². The highest BCUT2D eigenvalue weighted by molar-refractivity contribution is 9.10. The summed E-state index contributed by atoms with van der Waals surface area (Å²) in [4.78, 5) is 15.2. The van der Waals surface area contributed by atoms with Crippen molar-refractivity contribution in [2.45, 2.75) is 32.0 Å². The number of para-hydroxylation sites is 1. The van der Waals surface area contributed by atoms with Crippen LogP contribution in [0.5, 0.6) is 11.5 Å². The van der Waals surface area contributed by atoms with Crippen molar-refractivity contribution in [3.63, 3.8) is 0 Å². The Balaban J connectivity index is 1.75. The molecule has 0 aromatic heterocycles. The standard InChI is InChI=1S/C22H25BrN2O4/c1-3-28-19-12-14(11-17(23)20(19)27-2)21-24-18-9-5-4-8-16(18)22(26)25(21)13-15-7-6-10-29-15/h4-5,8-9,11-12,15,21,24H,3,6-7,10,13H2,1-2H3/t15-,21+/m0/s1. The van der Waals surface area contributed by atoms with E-state index < -0.39 is 0 Å². The van der Waals surface area contributed by atoms with Crippen LogP contribution in [0.15, 0.2) is 40.9 Å². The van der Waals surface area contributed by atoms with Gasteiger partial charge in [0.2, 0.25) is 0 Å². The molecular formula is C22H25BrN2O4. The van der Waals surface area contributed by atoms with Crippen LogP contribution in [0.25, 0.3) is 0 Å². The van der Waals surface area contributed by atoms with Crippen molar-refractivity contribution in [2.75, 3.05) is 32.2 Å². The highest BCUT2D eigenvalue weighted by Gasteiger charge is 2.35. The van der Waals surface area contributed by atoms with Crippen molar-refractivity contribution in [1.82, 2.24) is 4.90 Å². The maximum atomic E-state index is 13.4. The topological polar surface area (TPSA) is 60.0 Å². The minimum absolute atomic E-state index is 0.00440. The van der Waals surface area contributed by atoms with Crippen LogP contribution >= 0.6 is 15.9 Å². The Labute approximate surface area is 179 Å². The van der Waals surface area contributed by atoms with Gasteiger partial charge in [-0.05, 0) is 65.5 Å². The molecule has 4 rings (SSSR count). The smallest absolute Gasteiger partial charge is 0.257 e. The molecule has 2 aromatic carbocycles. The lowest BCUT2D eigenvalue weighted by atomic mass is 10.0. The second kappa shape index (κ2) is 8.63. The largest absolute Gasteiger partial charge is 0.492 e. The Morgan fingerprint density at radius 1 is 1.31 bits per heavy atom. The number of hydrogen-bond acceptors (Lipinski definition) is 5. The highest BCUT2D eigenvalue weighted by atomic mass is 79.9. The van der Waals surface area contributed by atoms with Crippen LogP contribution in [0.1, 0.15) is 41.9 Å². The summed E-state index contributed by atoms with van der Waals surface area (Å²) < 4.78 is 17.9. The molecule has 154 valence electrons. The molecule has 2 heterocycles. The summed E-state index contributed by atoms with van der Waals surface area (Å²) in [5.74, 6) is 1.29. The third kappa shape index (κ3) is 3.94. The number of nitrogens with one attached hydrogen (secondary N) is 1. The number of carbonyl (C=O) groups is 1. The molecule has 0 spiro atoms. The summed E-state index contributed by atoms with van der Waals surface area (Å²) in [5, 5.41) is 3.53. The lowest BCUT2D eigenvalue weighted by Crippen LogP contribution is -2.46. The minimum atomic E-state index is -0.331. The number of halogens is 1. The van der Waals surface area contributed by atoms with Crippen molar-refractivity contribution in [3.05, 3.63) is 52.0 Å². The Bertz CT molecular complexity index is 898. The Kier molecular flexibility index (Phi) is 5.96. The first-order valence-corrected chi connectivity index (χ1v) is 10.7. The van der Waals surface area contributed by atoms with Gasteiger partial charge >= 0.3 is 0 Å². The van der Waals surface area contributed by atoms with Gasteiger partial charge in [0.05, 0.1) is 29.9 Å². The lowest BCUT2D eigenvalue weighted by molar-refractivity contribution is 0.0426. The van der Waals surface area contributed by atoms with E-state index in [2.05, 4.69) is 21.2 Å². The van der Waals surface area contributed by atoms with Gasteiger partial charge in [0.15, 0.2) is 11.5 Å². The summed E-state index contributed by atoms with van der Waals surface area (Å²) in [6.07, 6.45) is 1.73. The monoisotopic (exact) mass is 460 g/mol. The zero-order valence-corrected chi connectivity index (χ0v) is 18.2. The number of carbonyl (C=O) groups excluding carboxylic acids is 1. The number of ether oxygens (including phenoxy) is 3. The van der Waals surface area contributed by atoms with Gasteiger partial charge in [-0.1, -0.05) is 12.1 Å². The molecule has 0 radical (unpaired) electrons. The minimum Gasteiger partial charge on any atom is -0.492 e. The van der Waals surface area contributed by atoms with Gasteiger partial charge in [-0.2, -0.15) is 0 Å². The molecular weight excluding hydrogens is 436 g/mol. The van der Waals surface area contributed by atoms with E-state index in [1.807, 2.05) is 48.2 Å². The summed E-state index contributed by atoms with van der Waals surface area (Å²) in [7, 11) is 1.62. The van der Waals surface area contributed by atoms with E-state index in [9.17, 15) is 4.79 Å². The molecule has 1 amide bonds. The molecule has 0 aliphatic carbocycles. The zero-order chi connectivity index (χ0) is 20.4. The van der Waals surface area contributed by atoms with E-state index in [0.717, 1.165) is 35.2 Å². The fourth-order valence-electron chi connectivity index (χ4n) is 3.96. The summed E-state index contributed by atoms with van der Waals surface area (Å²) >= 11 is 3.59. The number of hydrogen-bond donors (Lipinski definition) is 1. The van der Waals surface area contributed by atoms with Crippen molar-refractivity contribution in [1.29, 1.82) is 0 Å². The quantitative estimate of drug-likeness (QED) is 0.682. The van der Waals surface area contributed by atoms with Gasteiger partial charge in [-0.15, -0.1) is 0 Å². The first-order valence-electron chi connectivity index (χ1n) is 9.90. The molecule has 0 saturated carbocycles.